The van der Waals surface area contributed by atoms with Gasteiger partial charge in [0.25, 0.3) is 5.56 Å². The molecule has 4 heterocycles. The molecule has 0 radical (unpaired) electrons. The molecule has 0 bridgehead atoms. The molecule has 3 aromatic rings. The van der Waals surface area contributed by atoms with Crippen molar-refractivity contribution in [3.8, 4) is 0 Å². The number of carboxylic acids is 1. The van der Waals surface area contributed by atoms with E-state index in [0.717, 1.165) is 42.0 Å². The van der Waals surface area contributed by atoms with Gasteiger partial charge in [-0.1, -0.05) is 25.4 Å². The predicted molar refractivity (Wildman–Crippen MR) is 126 cm³/mol. The number of aliphatic carboxylic acids is 1. The van der Waals surface area contributed by atoms with E-state index in [4.69, 9.17) is 21.5 Å². The lowest BCUT2D eigenvalue weighted by atomic mass is 10.1. The summed E-state index contributed by atoms with van der Waals surface area (Å²) in [6.45, 7) is 5.86. The zero-order valence-electron chi connectivity index (χ0n) is 19.2. The molecule has 35 heavy (non-hydrogen) atoms. The molecular formula is C21H25ClF3N5O4S. The normalized spacial score (nSPS) is 17.0. The molecule has 0 spiro atoms. The van der Waals surface area contributed by atoms with Crippen LogP contribution in [0.4, 0.5) is 13.2 Å². The first-order valence-electron chi connectivity index (χ1n) is 10.8. The molecule has 3 aromatic heterocycles. The van der Waals surface area contributed by atoms with E-state index in [1.54, 1.807) is 0 Å². The Morgan fingerprint density at radius 1 is 1.34 bits per heavy atom. The van der Waals surface area contributed by atoms with Crippen LogP contribution in [0.1, 0.15) is 38.4 Å². The molecular weight excluding hydrogens is 511 g/mol. The summed E-state index contributed by atoms with van der Waals surface area (Å²) in [6.07, 6.45) is -3.06. The number of nitrogens with one attached hydrogen (secondary N) is 1. The third-order valence-electron chi connectivity index (χ3n) is 5.39. The molecule has 1 amide bonds. The third-order valence-corrected chi connectivity index (χ3v) is 6.66. The van der Waals surface area contributed by atoms with Gasteiger partial charge in [0.05, 0.1) is 4.34 Å². The van der Waals surface area contributed by atoms with Crippen molar-refractivity contribution in [1.29, 1.82) is 0 Å². The van der Waals surface area contributed by atoms with Gasteiger partial charge in [-0.2, -0.15) is 18.3 Å². The van der Waals surface area contributed by atoms with Gasteiger partial charge in [-0.3, -0.25) is 14.0 Å². The van der Waals surface area contributed by atoms with E-state index in [9.17, 15) is 22.8 Å². The lowest BCUT2D eigenvalue weighted by Crippen LogP contribution is -2.48. The number of likely N-dealkylation sites (tertiary alicyclic amines) is 1. The van der Waals surface area contributed by atoms with Crippen molar-refractivity contribution in [1.82, 2.24) is 24.4 Å². The van der Waals surface area contributed by atoms with E-state index in [2.05, 4.69) is 22.4 Å². The Balaban J connectivity index is 0.000000429. The Kier molecular flexibility index (Phi) is 8.12. The number of aromatic nitrogens is 3. The maximum absolute atomic E-state index is 13.0. The van der Waals surface area contributed by atoms with E-state index >= 15 is 0 Å². The second-order valence-corrected chi connectivity index (χ2v) is 10.3. The largest absolute Gasteiger partial charge is 0.490 e. The Morgan fingerprint density at radius 2 is 2.00 bits per heavy atom. The van der Waals surface area contributed by atoms with Crippen molar-refractivity contribution in [3.63, 3.8) is 0 Å². The third kappa shape index (κ3) is 6.33. The van der Waals surface area contributed by atoms with Crippen molar-refractivity contribution in [3.05, 3.63) is 32.6 Å². The van der Waals surface area contributed by atoms with Crippen LogP contribution >= 0.6 is 22.9 Å². The van der Waals surface area contributed by atoms with Gasteiger partial charge >= 0.3 is 12.1 Å². The number of likely N-dealkylation sites (N-methyl/N-ethyl adjacent to an activating group) is 1. The number of nitrogens with zero attached hydrogens (tertiary/aromatic N) is 4. The van der Waals surface area contributed by atoms with Crippen LogP contribution in [0.3, 0.4) is 0 Å². The molecule has 0 aromatic carbocycles. The summed E-state index contributed by atoms with van der Waals surface area (Å²) >= 11 is 7.57. The first-order valence-corrected chi connectivity index (χ1v) is 12.0. The molecule has 14 heteroatoms. The SMILES string of the molecule is CC(C)c1nn(CC(=O)N[C@@H]2CCCN(C)C2)c(=O)c2cc3cc(Cl)sc3n12.O=C(O)C(F)(F)F. The van der Waals surface area contributed by atoms with Crippen molar-refractivity contribution < 1.29 is 27.9 Å². The van der Waals surface area contributed by atoms with Gasteiger partial charge < -0.3 is 15.3 Å². The van der Waals surface area contributed by atoms with Crippen LogP contribution in [0, 0.1) is 0 Å². The number of halogens is 4. The van der Waals surface area contributed by atoms with Gasteiger partial charge in [-0.15, -0.1) is 11.3 Å². The topological polar surface area (TPSA) is 109 Å². The highest BCUT2D eigenvalue weighted by molar-refractivity contribution is 7.22. The molecule has 1 saturated heterocycles. The Bertz CT molecular complexity index is 1300. The van der Waals surface area contributed by atoms with Gasteiger partial charge in [0.1, 0.15) is 22.7 Å². The zero-order chi connectivity index (χ0) is 26.1. The fourth-order valence-corrected chi connectivity index (χ4v) is 5.10. The standard InChI is InChI=1S/C19H24ClN5O2S.C2HF3O2/c1-11(2)17-22-24(10-16(26)21-13-5-4-6-23(3)9-13)18(27)14-7-12-8-15(20)28-19(12)25(14)17;3-2(4,5)1(6)7/h7-8,11,13H,4-6,9-10H2,1-3H3,(H,21,26);(H,6,7)/t13-;/m1./s1. The number of amides is 1. The number of fused-ring (bicyclic) bond motifs is 3. The summed E-state index contributed by atoms with van der Waals surface area (Å²) in [6, 6.07) is 3.81. The van der Waals surface area contributed by atoms with Crippen LogP contribution in [0.5, 0.6) is 0 Å². The fraction of sp³-hybridized carbons (Fsp3) is 0.524. The quantitative estimate of drug-likeness (QED) is 0.530. The average molecular weight is 536 g/mol. The minimum absolute atomic E-state index is 0.0746. The molecule has 192 valence electrons. The van der Waals surface area contributed by atoms with Crippen LogP contribution in [0.2, 0.25) is 4.34 Å². The second kappa shape index (κ2) is 10.5. The Morgan fingerprint density at radius 3 is 2.57 bits per heavy atom. The van der Waals surface area contributed by atoms with Crippen LogP contribution in [-0.2, 0) is 16.1 Å². The van der Waals surface area contributed by atoms with Gasteiger partial charge in [0.2, 0.25) is 5.91 Å². The average Bonchev–Trinajstić information content (AvgIpc) is 3.26. The minimum atomic E-state index is -5.08. The molecule has 4 rings (SSSR count). The fourth-order valence-electron chi connectivity index (χ4n) is 3.87. The Labute approximate surface area is 207 Å². The van der Waals surface area contributed by atoms with Crippen LogP contribution in [-0.4, -0.2) is 68.4 Å². The van der Waals surface area contributed by atoms with E-state index in [0.29, 0.717) is 9.85 Å². The highest BCUT2D eigenvalue weighted by atomic mass is 35.5. The minimum Gasteiger partial charge on any atom is -0.475 e. The molecule has 0 aliphatic carbocycles. The lowest BCUT2D eigenvalue weighted by Gasteiger charge is -2.30. The van der Waals surface area contributed by atoms with Crippen molar-refractivity contribution in [2.24, 2.45) is 0 Å². The summed E-state index contributed by atoms with van der Waals surface area (Å²) in [5.41, 5.74) is 0.265. The van der Waals surface area contributed by atoms with E-state index in [-0.39, 0.29) is 30.0 Å². The molecule has 1 aliphatic rings. The zero-order valence-corrected chi connectivity index (χ0v) is 20.8. The van der Waals surface area contributed by atoms with Gasteiger partial charge in [-0.05, 0) is 38.6 Å². The number of rotatable bonds is 4. The summed E-state index contributed by atoms with van der Waals surface area (Å²) in [7, 11) is 2.05. The highest BCUT2D eigenvalue weighted by Crippen LogP contribution is 2.32. The maximum atomic E-state index is 13.0. The summed E-state index contributed by atoms with van der Waals surface area (Å²) < 4.78 is 35.6. The monoisotopic (exact) mass is 535 g/mol. The van der Waals surface area contributed by atoms with E-state index in [1.165, 1.54) is 16.0 Å². The number of thiophene rings is 1. The van der Waals surface area contributed by atoms with Crippen molar-refractivity contribution in [2.45, 2.75) is 51.4 Å². The van der Waals surface area contributed by atoms with Crippen molar-refractivity contribution in [2.75, 3.05) is 20.1 Å². The second-order valence-electron chi connectivity index (χ2n) is 8.62. The van der Waals surface area contributed by atoms with Crippen LogP contribution in [0.25, 0.3) is 15.7 Å². The number of carbonyl (C=O) groups is 2. The number of hydrogen-bond acceptors (Lipinski definition) is 6. The lowest BCUT2D eigenvalue weighted by molar-refractivity contribution is -0.192. The molecule has 1 atom stereocenters. The van der Waals surface area contributed by atoms with Crippen molar-refractivity contribution >= 4 is 50.5 Å². The molecule has 1 aliphatic heterocycles. The van der Waals surface area contributed by atoms with E-state index < -0.39 is 12.1 Å². The predicted octanol–water partition coefficient (Wildman–Crippen LogP) is 3.33. The molecule has 1 fully saturated rings. The van der Waals surface area contributed by atoms with Gasteiger partial charge in [-0.25, -0.2) is 9.48 Å². The van der Waals surface area contributed by atoms with Crippen LogP contribution < -0.4 is 10.9 Å². The van der Waals surface area contributed by atoms with Gasteiger partial charge in [0.15, 0.2) is 0 Å². The first kappa shape index (κ1) is 27.0. The summed E-state index contributed by atoms with van der Waals surface area (Å²) in [5, 5.41) is 15.6. The number of hydrogen-bond donors (Lipinski definition) is 2. The molecule has 0 saturated carbocycles. The number of alkyl halides is 3. The number of carboxylic acid groups (broad SMARTS) is 1. The van der Waals surface area contributed by atoms with Crippen LogP contribution in [0.15, 0.2) is 16.9 Å². The van der Waals surface area contributed by atoms with Gasteiger partial charge in [0, 0.05) is 23.9 Å². The molecule has 0 unspecified atom stereocenters. The first-order chi connectivity index (χ1) is 16.3. The number of piperidine rings is 1. The molecule has 9 nitrogen and oxygen atoms in total. The highest BCUT2D eigenvalue weighted by Gasteiger charge is 2.38. The maximum Gasteiger partial charge on any atom is 0.490 e. The van der Waals surface area contributed by atoms with E-state index in [1.807, 2.05) is 30.4 Å². The summed E-state index contributed by atoms with van der Waals surface area (Å²) in [4.78, 5) is 37.6. The Hall–Kier alpha value is -2.64. The number of carbonyl (C=O) groups excluding carboxylic acids is 1. The summed E-state index contributed by atoms with van der Waals surface area (Å²) in [5.74, 6) is -2.10. The smallest absolute Gasteiger partial charge is 0.475 e. The molecule has 2 N–H and O–H groups in total.